The third-order valence-corrected chi connectivity index (χ3v) is 3.19. The highest BCUT2D eigenvalue weighted by atomic mass is 16.5. The van der Waals surface area contributed by atoms with E-state index in [2.05, 4.69) is 10.5 Å². The van der Waals surface area contributed by atoms with Crippen LogP contribution in [0.25, 0.3) is 0 Å². The van der Waals surface area contributed by atoms with Gasteiger partial charge >= 0.3 is 0 Å². The summed E-state index contributed by atoms with van der Waals surface area (Å²) in [6, 6.07) is 3.91. The van der Waals surface area contributed by atoms with Crippen LogP contribution in [0.1, 0.15) is 30.4 Å². The van der Waals surface area contributed by atoms with Gasteiger partial charge in [-0.15, -0.1) is 0 Å². The molecule has 1 aliphatic rings. The molecule has 0 fully saturated rings. The first kappa shape index (κ1) is 12.9. The van der Waals surface area contributed by atoms with Crippen LogP contribution in [0, 0.1) is 0 Å². The number of fused-ring (bicyclic) bond motifs is 1. The highest BCUT2D eigenvalue weighted by Gasteiger charge is 2.14. The predicted molar refractivity (Wildman–Crippen MR) is 71.5 cm³/mol. The van der Waals surface area contributed by atoms with Crippen LogP contribution in [0.2, 0.25) is 0 Å². The molecule has 1 aromatic rings. The summed E-state index contributed by atoms with van der Waals surface area (Å²) in [5.74, 6) is 0.471. The molecule has 1 aromatic carbocycles. The Morgan fingerprint density at radius 2 is 2.06 bits per heavy atom. The highest BCUT2D eigenvalue weighted by molar-refractivity contribution is 5.85. The van der Waals surface area contributed by atoms with E-state index in [-0.39, 0.29) is 6.61 Å². The van der Waals surface area contributed by atoms with Crippen LogP contribution in [0.15, 0.2) is 17.1 Å². The molecule has 0 saturated carbocycles. The Kier molecular flexibility index (Phi) is 4.17. The summed E-state index contributed by atoms with van der Waals surface area (Å²) in [7, 11) is 0. The van der Waals surface area contributed by atoms with Gasteiger partial charge in [0.25, 0.3) is 0 Å². The summed E-state index contributed by atoms with van der Waals surface area (Å²) in [6.45, 7) is 0.103. The van der Waals surface area contributed by atoms with Crippen LogP contribution in [-0.2, 0) is 12.8 Å². The molecule has 5 nitrogen and oxygen atoms in total. The largest absolute Gasteiger partial charge is 0.396 e. The van der Waals surface area contributed by atoms with Gasteiger partial charge in [-0.2, -0.15) is 0 Å². The molecule has 0 atom stereocenters. The molecule has 0 bridgehead atoms. The lowest BCUT2D eigenvalue weighted by Gasteiger charge is -2.09. The van der Waals surface area contributed by atoms with Crippen LogP contribution in [0.5, 0.6) is 0 Å². The molecule has 0 spiro atoms. The number of rotatable bonds is 5. The van der Waals surface area contributed by atoms with E-state index in [4.69, 9.17) is 16.0 Å². The zero-order valence-corrected chi connectivity index (χ0v) is 10.3. The van der Waals surface area contributed by atoms with Crippen molar-refractivity contribution in [1.29, 1.82) is 0 Å². The van der Waals surface area contributed by atoms with E-state index >= 15 is 0 Å². The van der Waals surface area contributed by atoms with Crippen molar-refractivity contribution in [2.45, 2.75) is 32.1 Å². The van der Waals surface area contributed by atoms with Gasteiger partial charge in [0.15, 0.2) is 0 Å². The number of nitrogens with one attached hydrogen (secondary N) is 1. The lowest BCUT2D eigenvalue weighted by Crippen LogP contribution is -2.11. The molecule has 0 saturated heterocycles. The van der Waals surface area contributed by atoms with Gasteiger partial charge in [-0.3, -0.25) is 10.7 Å². The second-order valence-electron chi connectivity index (χ2n) is 4.53. The summed E-state index contributed by atoms with van der Waals surface area (Å²) in [6.07, 6.45) is 4.40. The number of hydrogen-bond acceptors (Lipinski definition) is 4. The van der Waals surface area contributed by atoms with Crippen molar-refractivity contribution < 1.29 is 10.3 Å². The molecule has 0 heterocycles. The lowest BCUT2D eigenvalue weighted by molar-refractivity contribution is 0.291. The van der Waals surface area contributed by atoms with Crippen LogP contribution in [-0.4, -0.2) is 22.8 Å². The van der Waals surface area contributed by atoms with Crippen LogP contribution >= 0.6 is 0 Å². The second kappa shape index (κ2) is 5.84. The molecule has 0 aliphatic heterocycles. The minimum absolute atomic E-state index is 0.103. The third kappa shape index (κ3) is 2.80. The smallest absolute Gasteiger partial charge is 0.0998 e. The Bertz CT molecular complexity index is 458. The summed E-state index contributed by atoms with van der Waals surface area (Å²) < 4.78 is 0. The van der Waals surface area contributed by atoms with Crippen LogP contribution < -0.4 is 11.2 Å². The lowest BCUT2D eigenvalue weighted by atomic mass is 10.1. The molecule has 1 aliphatic carbocycles. The van der Waals surface area contributed by atoms with E-state index in [1.807, 2.05) is 12.1 Å². The average molecular weight is 249 g/mol. The van der Waals surface area contributed by atoms with Gasteiger partial charge in [0.1, 0.15) is 0 Å². The zero-order valence-electron chi connectivity index (χ0n) is 10.3. The van der Waals surface area contributed by atoms with Crippen molar-refractivity contribution in [3.05, 3.63) is 23.3 Å². The van der Waals surface area contributed by atoms with Gasteiger partial charge < -0.3 is 10.8 Å². The molecule has 5 N–H and O–H groups in total. The number of nitrogens with zero attached hydrogens (tertiary/aromatic N) is 1. The first-order valence-electron chi connectivity index (χ1n) is 6.24. The summed E-state index contributed by atoms with van der Waals surface area (Å²) in [5, 5.41) is 17.9. The van der Waals surface area contributed by atoms with Crippen molar-refractivity contribution in [2.24, 2.45) is 10.7 Å². The third-order valence-electron chi connectivity index (χ3n) is 3.19. The van der Waals surface area contributed by atoms with E-state index in [1.54, 1.807) is 0 Å². The summed E-state index contributed by atoms with van der Waals surface area (Å²) in [5.41, 5.74) is 11.8. The second-order valence-corrected chi connectivity index (χ2v) is 4.53. The van der Waals surface area contributed by atoms with Crippen LogP contribution in [0.4, 0.5) is 11.4 Å². The zero-order chi connectivity index (χ0) is 13.0. The highest BCUT2D eigenvalue weighted by Crippen LogP contribution is 2.33. The van der Waals surface area contributed by atoms with Gasteiger partial charge in [0, 0.05) is 13.0 Å². The Labute approximate surface area is 106 Å². The standard InChI is InChI=1S/C13H19N3O2/c14-13(5-2-6-17)15-11-7-9-3-1-4-10(9)8-12(11)16-18/h7-8,16-18H,1-6H2,(H2,14,15). The SMILES string of the molecule is NC(CCCO)=Nc1cc2c(cc1NO)CCC2. The Balaban J connectivity index is 2.26. The Morgan fingerprint density at radius 3 is 2.72 bits per heavy atom. The molecular weight excluding hydrogens is 230 g/mol. The number of aliphatic imine (C=N–C) groups is 1. The van der Waals surface area contributed by atoms with Crippen molar-refractivity contribution in [1.82, 2.24) is 0 Å². The van der Waals surface area contributed by atoms with Gasteiger partial charge in [-0.25, -0.2) is 4.99 Å². The normalized spacial score (nSPS) is 14.7. The van der Waals surface area contributed by atoms with Gasteiger partial charge in [-0.1, -0.05) is 0 Å². The minimum atomic E-state index is 0.103. The van der Waals surface area contributed by atoms with Crippen molar-refractivity contribution >= 4 is 17.2 Å². The van der Waals surface area contributed by atoms with E-state index < -0.39 is 0 Å². The number of nitrogens with two attached hydrogens (primary N) is 1. The monoisotopic (exact) mass is 249 g/mol. The van der Waals surface area contributed by atoms with Crippen LogP contribution in [0.3, 0.4) is 0 Å². The van der Waals surface area contributed by atoms with E-state index in [0.717, 1.165) is 19.3 Å². The van der Waals surface area contributed by atoms with E-state index in [0.29, 0.717) is 30.1 Å². The fraction of sp³-hybridized carbons (Fsp3) is 0.462. The number of aliphatic hydroxyl groups is 1. The van der Waals surface area contributed by atoms with Gasteiger partial charge in [-0.05, 0) is 48.9 Å². The summed E-state index contributed by atoms with van der Waals surface area (Å²) in [4.78, 5) is 4.31. The van der Waals surface area contributed by atoms with Gasteiger partial charge in [0.05, 0.1) is 17.2 Å². The van der Waals surface area contributed by atoms with Crippen molar-refractivity contribution in [2.75, 3.05) is 12.1 Å². The molecule has 0 aromatic heterocycles. The number of benzene rings is 1. The van der Waals surface area contributed by atoms with Crippen molar-refractivity contribution in [3.8, 4) is 0 Å². The van der Waals surface area contributed by atoms with Gasteiger partial charge in [0.2, 0.25) is 0 Å². The van der Waals surface area contributed by atoms with E-state index in [1.165, 1.54) is 11.1 Å². The predicted octanol–water partition coefficient (Wildman–Crippen LogP) is 1.74. The average Bonchev–Trinajstić information content (AvgIpc) is 2.82. The molecule has 0 radical (unpaired) electrons. The van der Waals surface area contributed by atoms with E-state index in [9.17, 15) is 0 Å². The maximum atomic E-state index is 9.14. The number of amidine groups is 1. The molecule has 5 heteroatoms. The fourth-order valence-corrected chi connectivity index (χ4v) is 2.26. The summed E-state index contributed by atoms with van der Waals surface area (Å²) >= 11 is 0. The number of anilines is 1. The Hall–Kier alpha value is -1.59. The molecule has 0 amide bonds. The Morgan fingerprint density at radius 1 is 1.33 bits per heavy atom. The molecule has 2 rings (SSSR count). The first-order valence-corrected chi connectivity index (χ1v) is 6.24. The fourth-order valence-electron chi connectivity index (χ4n) is 2.26. The maximum Gasteiger partial charge on any atom is 0.0998 e. The molecule has 18 heavy (non-hydrogen) atoms. The first-order chi connectivity index (χ1) is 8.74. The number of aryl methyl sites for hydroxylation is 2. The minimum Gasteiger partial charge on any atom is -0.396 e. The maximum absolute atomic E-state index is 9.14. The quantitative estimate of drug-likeness (QED) is 0.363. The number of hydrogen-bond donors (Lipinski definition) is 4. The molecule has 0 unspecified atom stereocenters. The topological polar surface area (TPSA) is 90.9 Å². The molecule has 98 valence electrons. The molecular formula is C13H19N3O2. The van der Waals surface area contributed by atoms with Crippen molar-refractivity contribution in [3.63, 3.8) is 0 Å². The number of aliphatic hydroxyl groups excluding tert-OH is 1.